The van der Waals surface area contributed by atoms with Crippen LogP contribution in [0.15, 0.2) is 60.1 Å². The van der Waals surface area contributed by atoms with Gasteiger partial charge in [-0.3, -0.25) is 14.6 Å². The first-order valence-electron chi connectivity index (χ1n) is 9.70. The van der Waals surface area contributed by atoms with Crippen LogP contribution in [-0.4, -0.2) is 34.5 Å². The van der Waals surface area contributed by atoms with Crippen molar-refractivity contribution in [2.24, 2.45) is 0 Å². The van der Waals surface area contributed by atoms with Gasteiger partial charge in [0.15, 0.2) is 5.13 Å². The Morgan fingerprint density at radius 1 is 1.19 bits per heavy atom. The lowest BCUT2D eigenvalue weighted by Gasteiger charge is -2.29. The molecule has 1 saturated heterocycles. The molecule has 0 radical (unpaired) electrons. The van der Waals surface area contributed by atoms with Gasteiger partial charge in [0.2, 0.25) is 0 Å². The maximum Gasteiger partial charge on any atom is 0.410 e. The van der Waals surface area contributed by atoms with Crippen molar-refractivity contribution in [3.8, 4) is 0 Å². The van der Waals surface area contributed by atoms with Crippen molar-refractivity contribution < 1.29 is 14.3 Å². The number of anilines is 2. The minimum absolute atomic E-state index is 0.149. The van der Waals surface area contributed by atoms with E-state index in [1.165, 1.54) is 21.1 Å². The van der Waals surface area contributed by atoms with E-state index in [-0.39, 0.29) is 12.5 Å². The van der Waals surface area contributed by atoms with Gasteiger partial charge in [-0.25, -0.2) is 9.78 Å². The molecule has 2 amide bonds. The van der Waals surface area contributed by atoms with E-state index in [0.29, 0.717) is 40.3 Å². The van der Waals surface area contributed by atoms with Gasteiger partial charge in [0.1, 0.15) is 12.6 Å². The lowest BCUT2D eigenvalue weighted by Crippen LogP contribution is -2.46. The number of hydrogen-bond donors (Lipinski definition) is 0. The number of carbonyl (C=O) groups is 2. The molecule has 6 nitrogen and oxygen atoms in total. The third kappa shape index (κ3) is 4.84. The first kappa shape index (κ1) is 21.6. The van der Waals surface area contributed by atoms with Gasteiger partial charge in [0, 0.05) is 23.1 Å². The summed E-state index contributed by atoms with van der Waals surface area (Å²) in [7, 11) is 0. The number of ether oxygens (including phenoxy) is 1. The number of hydrogen-bond acceptors (Lipinski definition) is 5. The smallest absolute Gasteiger partial charge is 0.410 e. The maximum absolute atomic E-state index is 13.6. The Labute approximate surface area is 194 Å². The average Bonchev–Trinajstić information content (AvgIpc) is 3.47. The van der Waals surface area contributed by atoms with Gasteiger partial charge in [0.05, 0.1) is 10.7 Å². The number of thiazole rings is 1. The fourth-order valence-electron chi connectivity index (χ4n) is 3.50. The zero-order valence-electron chi connectivity index (χ0n) is 16.4. The van der Waals surface area contributed by atoms with Crippen LogP contribution in [0.1, 0.15) is 18.4 Å². The minimum Gasteiger partial charge on any atom is -0.445 e. The molecule has 1 atom stereocenters. The predicted octanol–water partition coefficient (Wildman–Crippen LogP) is 5.92. The number of benzene rings is 2. The quantitative estimate of drug-likeness (QED) is 0.459. The molecule has 0 aliphatic carbocycles. The second kappa shape index (κ2) is 9.68. The van der Waals surface area contributed by atoms with Crippen LogP contribution < -0.4 is 4.90 Å². The monoisotopic (exact) mass is 475 g/mol. The SMILES string of the molecule is O=C(C1CCCN1C(=O)OCc1ccccc1)N(c1nccs1)c1ccc(Cl)cc1Cl. The van der Waals surface area contributed by atoms with Crippen LogP contribution in [0.5, 0.6) is 0 Å². The molecule has 0 saturated carbocycles. The van der Waals surface area contributed by atoms with Crippen molar-refractivity contribution in [2.45, 2.75) is 25.5 Å². The van der Waals surface area contributed by atoms with E-state index >= 15 is 0 Å². The first-order valence-corrected chi connectivity index (χ1v) is 11.3. The van der Waals surface area contributed by atoms with Crippen LogP contribution >= 0.6 is 34.5 Å². The minimum atomic E-state index is -0.668. The standard InChI is InChI=1S/C22H19Cl2N3O3S/c23-16-8-9-18(17(24)13-16)27(21-25-10-12-31-21)20(28)19-7-4-11-26(19)22(29)30-14-15-5-2-1-3-6-15/h1-3,5-6,8-10,12-13,19H,4,7,11,14H2. The third-order valence-corrected chi connectivity index (χ3v) is 6.25. The molecule has 0 bridgehead atoms. The van der Waals surface area contributed by atoms with E-state index < -0.39 is 12.1 Å². The first-order chi connectivity index (χ1) is 15.0. The molecule has 0 spiro atoms. The van der Waals surface area contributed by atoms with Crippen molar-refractivity contribution >= 4 is 57.4 Å². The van der Waals surface area contributed by atoms with Gasteiger partial charge in [-0.15, -0.1) is 11.3 Å². The van der Waals surface area contributed by atoms with Crippen LogP contribution in [0.4, 0.5) is 15.6 Å². The molecule has 1 aliphatic heterocycles. The Balaban J connectivity index is 1.56. The number of amides is 2. The molecule has 1 aromatic heterocycles. The third-order valence-electron chi connectivity index (χ3n) is 4.96. The summed E-state index contributed by atoms with van der Waals surface area (Å²) in [5, 5.41) is 3.04. The molecule has 3 aromatic rings. The zero-order chi connectivity index (χ0) is 21.8. The van der Waals surface area contributed by atoms with Gasteiger partial charge >= 0.3 is 6.09 Å². The molecule has 9 heteroatoms. The fraction of sp³-hybridized carbons (Fsp3) is 0.227. The van der Waals surface area contributed by atoms with Crippen molar-refractivity contribution in [2.75, 3.05) is 11.4 Å². The number of carbonyl (C=O) groups excluding carboxylic acids is 2. The van der Waals surface area contributed by atoms with Gasteiger partial charge in [-0.2, -0.15) is 0 Å². The summed E-state index contributed by atoms with van der Waals surface area (Å²) in [6.07, 6.45) is 2.34. The van der Waals surface area contributed by atoms with Crippen molar-refractivity contribution in [1.82, 2.24) is 9.88 Å². The number of aromatic nitrogens is 1. The van der Waals surface area contributed by atoms with Crippen LogP contribution in [0.3, 0.4) is 0 Å². The Bertz CT molecular complexity index is 1060. The topological polar surface area (TPSA) is 62.7 Å². The summed E-state index contributed by atoms with van der Waals surface area (Å²) in [4.78, 5) is 33.6. The van der Waals surface area contributed by atoms with Crippen LogP contribution in [0, 0.1) is 0 Å². The Hall–Kier alpha value is -2.61. The number of rotatable bonds is 5. The largest absolute Gasteiger partial charge is 0.445 e. The molecular formula is C22H19Cl2N3O3S. The summed E-state index contributed by atoms with van der Waals surface area (Å²) in [6.45, 7) is 0.598. The Morgan fingerprint density at radius 2 is 2.00 bits per heavy atom. The average molecular weight is 476 g/mol. The number of likely N-dealkylation sites (tertiary alicyclic amines) is 1. The molecule has 2 aromatic carbocycles. The van der Waals surface area contributed by atoms with Gasteiger partial charge in [-0.1, -0.05) is 53.5 Å². The summed E-state index contributed by atoms with van der Waals surface area (Å²) >= 11 is 13.7. The summed E-state index contributed by atoms with van der Waals surface area (Å²) in [5.41, 5.74) is 1.35. The Morgan fingerprint density at radius 3 is 2.71 bits per heavy atom. The van der Waals surface area contributed by atoms with E-state index in [0.717, 1.165) is 5.56 Å². The summed E-state index contributed by atoms with van der Waals surface area (Å²) in [5.74, 6) is -0.284. The number of nitrogens with zero attached hydrogens (tertiary/aromatic N) is 3. The summed E-state index contributed by atoms with van der Waals surface area (Å²) < 4.78 is 5.47. The second-order valence-corrected chi connectivity index (χ2v) is 8.69. The molecule has 160 valence electrons. The molecule has 2 heterocycles. The highest BCUT2D eigenvalue weighted by molar-refractivity contribution is 7.13. The molecule has 1 aliphatic rings. The second-order valence-electron chi connectivity index (χ2n) is 6.98. The molecule has 0 N–H and O–H groups in total. The molecule has 1 unspecified atom stereocenters. The van der Waals surface area contributed by atoms with E-state index in [1.54, 1.807) is 29.8 Å². The lowest BCUT2D eigenvalue weighted by atomic mass is 10.2. The molecule has 1 fully saturated rings. The van der Waals surface area contributed by atoms with Crippen LogP contribution in [-0.2, 0) is 16.1 Å². The van der Waals surface area contributed by atoms with Gasteiger partial charge in [0.25, 0.3) is 5.91 Å². The fourth-order valence-corrected chi connectivity index (χ4v) is 4.65. The molecular weight excluding hydrogens is 457 g/mol. The maximum atomic E-state index is 13.6. The van der Waals surface area contributed by atoms with Gasteiger partial charge in [-0.05, 0) is 36.6 Å². The van der Waals surface area contributed by atoms with Crippen molar-refractivity contribution in [1.29, 1.82) is 0 Å². The van der Waals surface area contributed by atoms with Gasteiger partial charge < -0.3 is 4.74 Å². The predicted molar refractivity (Wildman–Crippen MR) is 122 cm³/mol. The van der Waals surface area contributed by atoms with E-state index in [4.69, 9.17) is 27.9 Å². The van der Waals surface area contributed by atoms with Crippen molar-refractivity contribution in [3.63, 3.8) is 0 Å². The van der Waals surface area contributed by atoms with E-state index in [2.05, 4.69) is 4.98 Å². The van der Waals surface area contributed by atoms with Crippen LogP contribution in [0.2, 0.25) is 10.0 Å². The highest BCUT2D eigenvalue weighted by Crippen LogP contribution is 2.37. The molecule has 31 heavy (non-hydrogen) atoms. The Kier molecular flexibility index (Phi) is 6.75. The normalized spacial score (nSPS) is 15.7. The highest BCUT2D eigenvalue weighted by atomic mass is 35.5. The van der Waals surface area contributed by atoms with Crippen molar-refractivity contribution in [3.05, 3.63) is 75.7 Å². The van der Waals surface area contributed by atoms with E-state index in [9.17, 15) is 9.59 Å². The summed E-state index contributed by atoms with van der Waals surface area (Å²) in [6, 6.07) is 13.7. The highest BCUT2D eigenvalue weighted by Gasteiger charge is 2.39. The zero-order valence-corrected chi connectivity index (χ0v) is 18.7. The van der Waals surface area contributed by atoms with E-state index in [1.807, 2.05) is 30.3 Å². The number of halogens is 2. The van der Waals surface area contributed by atoms with Crippen LogP contribution in [0.25, 0.3) is 0 Å². The lowest BCUT2D eigenvalue weighted by molar-refractivity contribution is -0.121. The molecule has 4 rings (SSSR count).